The van der Waals surface area contributed by atoms with Crippen molar-refractivity contribution in [3.05, 3.63) is 94.0 Å². The van der Waals surface area contributed by atoms with E-state index in [0.717, 1.165) is 18.8 Å². The molecule has 1 saturated heterocycles. The number of hydrogen-bond donors (Lipinski definition) is 0. The number of anilines is 1. The summed E-state index contributed by atoms with van der Waals surface area (Å²) in [6.07, 6.45) is 0. The molecule has 0 N–H and O–H groups in total. The van der Waals surface area contributed by atoms with Gasteiger partial charge in [-0.05, 0) is 54.6 Å². The van der Waals surface area contributed by atoms with E-state index in [-0.39, 0.29) is 17.2 Å². The average Bonchev–Trinajstić information content (AvgIpc) is 2.88. The van der Waals surface area contributed by atoms with Gasteiger partial charge >= 0.3 is 0 Å². The first-order valence-electron chi connectivity index (χ1n) is 11.2. The van der Waals surface area contributed by atoms with Crippen molar-refractivity contribution in [3.63, 3.8) is 0 Å². The van der Waals surface area contributed by atoms with E-state index in [2.05, 4.69) is 9.88 Å². The maximum Gasteiger partial charge on any atom is 0.266 e. The van der Waals surface area contributed by atoms with E-state index in [4.69, 9.17) is 11.6 Å². The fraction of sp³-hybridized carbons (Fsp3) is 0.192. The molecule has 4 aromatic rings. The van der Waals surface area contributed by atoms with Crippen LogP contribution in [-0.2, 0) is 4.79 Å². The van der Waals surface area contributed by atoms with Crippen molar-refractivity contribution >= 4 is 45.9 Å². The Morgan fingerprint density at radius 1 is 0.943 bits per heavy atom. The maximum absolute atomic E-state index is 13.9. The molecule has 1 aliphatic rings. The van der Waals surface area contributed by atoms with E-state index in [9.17, 15) is 14.0 Å². The predicted octanol–water partition coefficient (Wildman–Crippen LogP) is 4.62. The van der Waals surface area contributed by atoms with Gasteiger partial charge in [-0.1, -0.05) is 41.6 Å². The molecule has 6 nitrogen and oxygen atoms in total. The number of halogens is 2. The Labute approximate surface area is 210 Å². The molecule has 1 aromatic heterocycles. The summed E-state index contributed by atoms with van der Waals surface area (Å²) in [6.45, 7) is 2.65. The van der Waals surface area contributed by atoms with Gasteiger partial charge in [0.15, 0.2) is 5.16 Å². The molecule has 0 saturated carbocycles. The highest BCUT2D eigenvalue weighted by atomic mass is 35.5. The third kappa shape index (κ3) is 5.04. The van der Waals surface area contributed by atoms with Crippen molar-refractivity contribution in [2.75, 3.05) is 36.8 Å². The lowest BCUT2D eigenvalue weighted by Crippen LogP contribution is -2.49. The third-order valence-corrected chi connectivity index (χ3v) is 7.14. The molecule has 5 rings (SSSR count). The monoisotopic (exact) mass is 508 g/mol. The average molecular weight is 509 g/mol. The molecule has 0 bridgehead atoms. The number of amides is 1. The topological polar surface area (TPSA) is 58.4 Å². The summed E-state index contributed by atoms with van der Waals surface area (Å²) in [5.41, 5.74) is 1.69. The Balaban J connectivity index is 1.33. The molecule has 0 spiro atoms. The molecule has 1 amide bonds. The van der Waals surface area contributed by atoms with E-state index >= 15 is 0 Å². The second-order valence-electron chi connectivity index (χ2n) is 8.16. The summed E-state index contributed by atoms with van der Waals surface area (Å²) in [4.78, 5) is 35.0. The van der Waals surface area contributed by atoms with Crippen molar-refractivity contribution in [2.24, 2.45) is 0 Å². The molecule has 0 unspecified atom stereocenters. The predicted molar refractivity (Wildman–Crippen MR) is 138 cm³/mol. The summed E-state index contributed by atoms with van der Waals surface area (Å²) in [7, 11) is 0. The largest absolute Gasteiger partial charge is 0.368 e. The summed E-state index contributed by atoms with van der Waals surface area (Å²) < 4.78 is 15.3. The molecule has 35 heavy (non-hydrogen) atoms. The molecule has 9 heteroatoms. The lowest BCUT2D eigenvalue weighted by atomic mass is 10.2. The Bertz CT molecular complexity index is 1440. The Hall–Kier alpha value is -3.36. The fourth-order valence-corrected chi connectivity index (χ4v) is 5.18. The number of para-hydroxylation sites is 1. The van der Waals surface area contributed by atoms with E-state index in [1.807, 2.05) is 29.2 Å². The van der Waals surface area contributed by atoms with Crippen molar-refractivity contribution in [2.45, 2.75) is 5.16 Å². The second kappa shape index (κ2) is 10.1. The number of rotatable bonds is 5. The van der Waals surface area contributed by atoms with E-state index in [0.29, 0.717) is 39.9 Å². The highest BCUT2D eigenvalue weighted by Crippen LogP contribution is 2.23. The summed E-state index contributed by atoms with van der Waals surface area (Å²) in [6, 6.07) is 20.5. The molecular weight excluding hydrogens is 487 g/mol. The minimum absolute atomic E-state index is 0.0287. The molecular formula is C26H22ClFN4O2S. The zero-order valence-corrected chi connectivity index (χ0v) is 20.3. The van der Waals surface area contributed by atoms with Gasteiger partial charge in [-0.25, -0.2) is 9.37 Å². The van der Waals surface area contributed by atoms with Crippen LogP contribution >= 0.6 is 23.4 Å². The van der Waals surface area contributed by atoms with Crippen LogP contribution in [0.2, 0.25) is 5.02 Å². The number of fused-ring (bicyclic) bond motifs is 1. The number of thioether (sulfide) groups is 1. The van der Waals surface area contributed by atoms with Crippen LogP contribution in [0.25, 0.3) is 16.6 Å². The van der Waals surface area contributed by atoms with Crippen LogP contribution in [0.5, 0.6) is 0 Å². The molecule has 3 aromatic carbocycles. The minimum Gasteiger partial charge on any atom is -0.368 e. The number of piperazine rings is 1. The highest BCUT2D eigenvalue weighted by Gasteiger charge is 2.22. The lowest BCUT2D eigenvalue weighted by molar-refractivity contribution is -0.128. The third-order valence-electron chi connectivity index (χ3n) is 5.96. The van der Waals surface area contributed by atoms with Crippen molar-refractivity contribution < 1.29 is 9.18 Å². The second-order valence-corrected chi connectivity index (χ2v) is 9.54. The Kier molecular flexibility index (Phi) is 6.74. The molecule has 0 aliphatic carbocycles. The summed E-state index contributed by atoms with van der Waals surface area (Å²) in [5, 5.41) is 1.48. The maximum atomic E-state index is 13.9. The standard InChI is InChI=1S/C26H22ClFN4O2S/c27-18-8-10-20(11-9-18)30-12-14-31(15-13-30)24(33)17-35-26-29-23-7-2-1-6-22(23)25(34)32(26)21-5-3-4-19(28)16-21/h1-11,16H,12-15,17H2. The van der Waals surface area contributed by atoms with Gasteiger partial charge in [0.2, 0.25) is 5.91 Å². The zero-order chi connectivity index (χ0) is 24.4. The van der Waals surface area contributed by atoms with E-state index in [1.54, 1.807) is 36.4 Å². The van der Waals surface area contributed by atoms with Gasteiger partial charge in [0.1, 0.15) is 5.82 Å². The van der Waals surface area contributed by atoms with E-state index < -0.39 is 5.82 Å². The normalized spacial score (nSPS) is 13.9. The van der Waals surface area contributed by atoms with Crippen LogP contribution in [0.4, 0.5) is 10.1 Å². The van der Waals surface area contributed by atoms with Gasteiger partial charge < -0.3 is 9.80 Å². The number of aromatic nitrogens is 2. The quantitative estimate of drug-likeness (QED) is 0.291. The van der Waals surface area contributed by atoms with Crippen LogP contribution in [0, 0.1) is 5.82 Å². The number of carbonyl (C=O) groups is 1. The minimum atomic E-state index is -0.451. The van der Waals surface area contributed by atoms with Crippen LogP contribution < -0.4 is 10.5 Å². The van der Waals surface area contributed by atoms with Gasteiger partial charge in [-0.2, -0.15) is 0 Å². The van der Waals surface area contributed by atoms with Crippen molar-refractivity contribution in [1.29, 1.82) is 0 Å². The van der Waals surface area contributed by atoms with Gasteiger partial charge in [-0.15, -0.1) is 0 Å². The van der Waals surface area contributed by atoms with Gasteiger partial charge in [0, 0.05) is 36.9 Å². The highest BCUT2D eigenvalue weighted by molar-refractivity contribution is 7.99. The first-order chi connectivity index (χ1) is 17.0. The van der Waals surface area contributed by atoms with Crippen LogP contribution in [-0.4, -0.2) is 52.3 Å². The molecule has 0 atom stereocenters. The van der Waals surface area contributed by atoms with Gasteiger partial charge in [0.25, 0.3) is 5.56 Å². The molecule has 1 aliphatic heterocycles. The van der Waals surface area contributed by atoms with Crippen LogP contribution in [0.3, 0.4) is 0 Å². The van der Waals surface area contributed by atoms with Gasteiger partial charge in [-0.3, -0.25) is 14.2 Å². The zero-order valence-electron chi connectivity index (χ0n) is 18.7. The van der Waals surface area contributed by atoms with E-state index in [1.165, 1.54) is 28.5 Å². The summed E-state index contributed by atoms with van der Waals surface area (Å²) in [5.74, 6) is -0.354. The van der Waals surface area contributed by atoms with Crippen molar-refractivity contribution in [3.8, 4) is 5.69 Å². The number of nitrogens with zero attached hydrogens (tertiary/aromatic N) is 4. The smallest absolute Gasteiger partial charge is 0.266 e. The van der Waals surface area contributed by atoms with Crippen molar-refractivity contribution in [1.82, 2.24) is 14.5 Å². The SMILES string of the molecule is O=C(CSc1nc2ccccc2c(=O)n1-c1cccc(F)c1)N1CCN(c2ccc(Cl)cc2)CC1. The fourth-order valence-electron chi connectivity index (χ4n) is 4.14. The number of carbonyl (C=O) groups excluding carboxylic acids is 1. The first kappa shape index (κ1) is 23.4. The first-order valence-corrected chi connectivity index (χ1v) is 12.5. The molecule has 178 valence electrons. The van der Waals surface area contributed by atoms with Crippen LogP contribution in [0.15, 0.2) is 82.7 Å². The molecule has 1 fully saturated rings. The lowest BCUT2D eigenvalue weighted by Gasteiger charge is -2.36. The Morgan fingerprint density at radius 3 is 2.43 bits per heavy atom. The molecule has 0 radical (unpaired) electrons. The summed E-state index contributed by atoms with van der Waals surface area (Å²) >= 11 is 7.17. The van der Waals surface area contributed by atoms with Crippen LogP contribution in [0.1, 0.15) is 0 Å². The molecule has 2 heterocycles. The number of benzene rings is 3. The Morgan fingerprint density at radius 2 is 1.69 bits per heavy atom. The number of hydrogen-bond acceptors (Lipinski definition) is 5. The van der Waals surface area contributed by atoms with Gasteiger partial charge in [0.05, 0.1) is 22.3 Å².